The molecule has 1 aromatic rings. The zero-order valence-corrected chi connectivity index (χ0v) is 15.1. The van der Waals surface area contributed by atoms with E-state index in [1.165, 1.54) is 32.2 Å². The highest BCUT2D eigenvalue weighted by molar-refractivity contribution is 5.78. The first-order chi connectivity index (χ1) is 12.3. The molecule has 3 aliphatic rings. The monoisotopic (exact) mass is 342 g/mol. The van der Waals surface area contributed by atoms with E-state index in [2.05, 4.69) is 21.9 Å². The van der Waals surface area contributed by atoms with E-state index in [0.717, 1.165) is 38.3 Å². The van der Waals surface area contributed by atoms with Crippen LogP contribution in [0, 0.1) is 5.92 Å². The number of benzene rings is 1. The minimum absolute atomic E-state index is 0.299. The Balaban J connectivity index is 1.37. The van der Waals surface area contributed by atoms with E-state index >= 15 is 0 Å². The van der Waals surface area contributed by atoms with E-state index in [0.29, 0.717) is 30.3 Å². The van der Waals surface area contributed by atoms with Crippen LogP contribution in [0.4, 0.5) is 0 Å². The second kappa shape index (κ2) is 7.88. The Labute approximate surface area is 151 Å². The average Bonchev–Trinajstić information content (AvgIpc) is 2.68. The molecular weight excluding hydrogens is 312 g/mol. The average molecular weight is 342 g/mol. The van der Waals surface area contributed by atoms with Crippen molar-refractivity contribution >= 4 is 5.91 Å². The molecule has 3 aliphatic heterocycles. The number of rotatable bonds is 3. The summed E-state index contributed by atoms with van der Waals surface area (Å²) in [5.74, 6) is 0.956. The molecule has 0 saturated carbocycles. The molecule has 3 saturated heterocycles. The number of amides is 1. The highest BCUT2D eigenvalue weighted by Gasteiger charge is 2.39. The number of likely N-dealkylation sites (tertiary alicyclic amines) is 2. The molecule has 0 unspecified atom stereocenters. The highest BCUT2D eigenvalue weighted by atomic mass is 16.5. The maximum absolute atomic E-state index is 12.7. The van der Waals surface area contributed by atoms with Gasteiger partial charge in [0.05, 0.1) is 6.42 Å². The number of hydrogen-bond acceptors (Lipinski definition) is 3. The Morgan fingerprint density at radius 3 is 2.64 bits per heavy atom. The summed E-state index contributed by atoms with van der Waals surface area (Å²) in [6, 6.07) is 11.5. The van der Waals surface area contributed by atoms with E-state index < -0.39 is 0 Å². The van der Waals surface area contributed by atoms with Gasteiger partial charge < -0.3 is 9.64 Å². The summed E-state index contributed by atoms with van der Waals surface area (Å²) in [5.41, 5.74) is 1.13. The SMILES string of the molecule is O=C(Cc1ccccc1)N1CC[C@H]2[C@H](CCCN2C2CCOCC2)C1. The molecule has 0 radical (unpaired) electrons. The summed E-state index contributed by atoms with van der Waals surface area (Å²) in [6.45, 7) is 4.95. The minimum Gasteiger partial charge on any atom is -0.381 e. The fraction of sp³-hybridized carbons (Fsp3) is 0.667. The van der Waals surface area contributed by atoms with E-state index in [9.17, 15) is 4.79 Å². The number of fused-ring (bicyclic) bond motifs is 1. The zero-order valence-electron chi connectivity index (χ0n) is 15.1. The third kappa shape index (κ3) is 3.90. The molecule has 2 atom stereocenters. The van der Waals surface area contributed by atoms with Crippen molar-refractivity contribution < 1.29 is 9.53 Å². The molecule has 0 bridgehead atoms. The third-order valence-corrected chi connectivity index (χ3v) is 6.32. The maximum atomic E-state index is 12.7. The van der Waals surface area contributed by atoms with Gasteiger partial charge in [0.2, 0.25) is 5.91 Å². The molecule has 1 amide bonds. The third-order valence-electron chi connectivity index (χ3n) is 6.32. The molecule has 0 spiro atoms. The van der Waals surface area contributed by atoms with Crippen molar-refractivity contribution in [3.63, 3.8) is 0 Å². The van der Waals surface area contributed by atoms with Crippen LogP contribution in [0.5, 0.6) is 0 Å². The number of carbonyl (C=O) groups excluding carboxylic acids is 1. The van der Waals surface area contributed by atoms with E-state index in [1.807, 2.05) is 18.2 Å². The van der Waals surface area contributed by atoms with Gasteiger partial charge >= 0.3 is 0 Å². The van der Waals surface area contributed by atoms with Crippen LogP contribution in [0.1, 0.15) is 37.7 Å². The van der Waals surface area contributed by atoms with Gasteiger partial charge in [-0.15, -0.1) is 0 Å². The predicted octanol–water partition coefficient (Wildman–Crippen LogP) is 2.72. The van der Waals surface area contributed by atoms with Gasteiger partial charge in [0, 0.05) is 38.4 Å². The van der Waals surface area contributed by atoms with Crippen molar-refractivity contribution in [1.29, 1.82) is 0 Å². The van der Waals surface area contributed by atoms with Crippen LogP contribution in [-0.4, -0.2) is 60.6 Å². The standard InChI is InChI=1S/C21H30N2O2/c24-21(15-17-5-2-1-3-6-17)22-12-8-20-18(16-22)7-4-11-23(20)19-9-13-25-14-10-19/h1-3,5-6,18-20H,4,7-16H2/t18-,20+/m1/s1. The molecule has 4 nitrogen and oxygen atoms in total. The van der Waals surface area contributed by atoms with Gasteiger partial charge in [-0.25, -0.2) is 0 Å². The van der Waals surface area contributed by atoms with Gasteiger partial charge in [-0.3, -0.25) is 9.69 Å². The lowest BCUT2D eigenvalue weighted by Gasteiger charge is -2.50. The van der Waals surface area contributed by atoms with Crippen molar-refractivity contribution in [3.8, 4) is 0 Å². The minimum atomic E-state index is 0.299. The van der Waals surface area contributed by atoms with E-state index in [-0.39, 0.29) is 0 Å². The van der Waals surface area contributed by atoms with Gasteiger partial charge in [-0.1, -0.05) is 30.3 Å². The van der Waals surface area contributed by atoms with Crippen molar-refractivity contribution in [1.82, 2.24) is 9.80 Å². The molecule has 136 valence electrons. The van der Waals surface area contributed by atoms with Gasteiger partial charge in [-0.05, 0) is 50.1 Å². The lowest BCUT2D eigenvalue weighted by molar-refractivity contribution is -0.135. The largest absolute Gasteiger partial charge is 0.381 e. The zero-order chi connectivity index (χ0) is 17.1. The molecule has 3 heterocycles. The summed E-state index contributed by atoms with van der Waals surface area (Å²) >= 11 is 0. The van der Waals surface area contributed by atoms with Crippen LogP contribution in [-0.2, 0) is 16.0 Å². The molecular formula is C21H30N2O2. The summed E-state index contributed by atoms with van der Waals surface area (Å²) < 4.78 is 5.55. The van der Waals surface area contributed by atoms with Crippen LogP contribution in [0.15, 0.2) is 30.3 Å². The van der Waals surface area contributed by atoms with Crippen LogP contribution in [0.3, 0.4) is 0 Å². The smallest absolute Gasteiger partial charge is 0.227 e. The summed E-state index contributed by atoms with van der Waals surface area (Å²) in [7, 11) is 0. The molecule has 4 heteroatoms. The first-order valence-corrected chi connectivity index (χ1v) is 9.96. The predicted molar refractivity (Wildman–Crippen MR) is 98.4 cm³/mol. The quantitative estimate of drug-likeness (QED) is 0.847. The number of piperidine rings is 2. The van der Waals surface area contributed by atoms with Crippen LogP contribution >= 0.6 is 0 Å². The Hall–Kier alpha value is -1.39. The molecule has 0 N–H and O–H groups in total. The van der Waals surface area contributed by atoms with Crippen LogP contribution in [0.2, 0.25) is 0 Å². The Kier molecular flexibility index (Phi) is 5.37. The second-order valence-corrected chi connectivity index (χ2v) is 7.84. The molecule has 0 aliphatic carbocycles. The molecule has 25 heavy (non-hydrogen) atoms. The summed E-state index contributed by atoms with van der Waals surface area (Å²) in [6.07, 6.45) is 6.60. The fourth-order valence-corrected chi connectivity index (χ4v) is 5.02. The Morgan fingerprint density at radius 1 is 1.04 bits per heavy atom. The lowest BCUT2D eigenvalue weighted by Crippen LogP contribution is -2.58. The Morgan fingerprint density at radius 2 is 1.84 bits per heavy atom. The van der Waals surface area contributed by atoms with Crippen molar-refractivity contribution in [2.75, 3.05) is 32.8 Å². The van der Waals surface area contributed by atoms with Gasteiger partial charge in [0.25, 0.3) is 0 Å². The number of ether oxygens (including phenoxy) is 1. The van der Waals surface area contributed by atoms with Crippen molar-refractivity contribution in [3.05, 3.63) is 35.9 Å². The van der Waals surface area contributed by atoms with Gasteiger partial charge in [-0.2, -0.15) is 0 Å². The normalized spacial score (nSPS) is 28.6. The number of carbonyl (C=O) groups is 1. The lowest BCUT2D eigenvalue weighted by atomic mass is 9.82. The molecule has 4 rings (SSSR count). The van der Waals surface area contributed by atoms with Gasteiger partial charge in [0.15, 0.2) is 0 Å². The number of hydrogen-bond donors (Lipinski definition) is 0. The highest BCUT2D eigenvalue weighted by Crippen LogP contribution is 2.34. The van der Waals surface area contributed by atoms with Gasteiger partial charge in [0.1, 0.15) is 0 Å². The van der Waals surface area contributed by atoms with Crippen molar-refractivity contribution in [2.24, 2.45) is 5.92 Å². The molecule has 3 fully saturated rings. The molecule has 0 aromatic heterocycles. The van der Waals surface area contributed by atoms with E-state index in [4.69, 9.17) is 4.74 Å². The molecule has 1 aromatic carbocycles. The fourth-order valence-electron chi connectivity index (χ4n) is 5.02. The first kappa shape index (κ1) is 17.0. The summed E-state index contributed by atoms with van der Waals surface area (Å²) in [4.78, 5) is 17.6. The van der Waals surface area contributed by atoms with E-state index in [1.54, 1.807) is 0 Å². The van der Waals surface area contributed by atoms with Crippen molar-refractivity contribution in [2.45, 2.75) is 50.6 Å². The van der Waals surface area contributed by atoms with Crippen LogP contribution < -0.4 is 0 Å². The maximum Gasteiger partial charge on any atom is 0.227 e. The topological polar surface area (TPSA) is 32.8 Å². The number of nitrogens with zero attached hydrogens (tertiary/aromatic N) is 2. The second-order valence-electron chi connectivity index (χ2n) is 7.84. The summed E-state index contributed by atoms with van der Waals surface area (Å²) in [5, 5.41) is 0. The first-order valence-electron chi connectivity index (χ1n) is 9.96. The Bertz CT molecular complexity index is 571. The van der Waals surface area contributed by atoms with Crippen LogP contribution in [0.25, 0.3) is 0 Å².